The molecule has 1 aliphatic carbocycles. The SMILES string of the molecule is CCOC(=O)c1nn(-c2ccc(OC(F)(F)F)cc2)c(=O)c2c(NC(=O)CC3CCCC3)scc12. The monoisotopic (exact) mass is 509 g/mol. The molecule has 1 saturated carbocycles. The van der Waals surface area contributed by atoms with Crippen molar-refractivity contribution in [2.45, 2.75) is 45.4 Å². The van der Waals surface area contributed by atoms with Gasteiger partial charge in [0.1, 0.15) is 10.8 Å². The highest BCUT2D eigenvalue weighted by atomic mass is 32.1. The van der Waals surface area contributed by atoms with E-state index in [0.29, 0.717) is 12.3 Å². The number of nitrogens with zero attached hydrogens (tertiary/aromatic N) is 2. The second-order valence-electron chi connectivity index (χ2n) is 8.08. The summed E-state index contributed by atoms with van der Waals surface area (Å²) in [5.41, 5.74) is -0.689. The molecule has 3 aromatic rings. The van der Waals surface area contributed by atoms with Gasteiger partial charge < -0.3 is 14.8 Å². The zero-order valence-electron chi connectivity index (χ0n) is 18.7. The molecule has 0 spiro atoms. The number of carbonyl (C=O) groups excluding carboxylic acids is 2. The van der Waals surface area contributed by atoms with E-state index in [-0.39, 0.29) is 39.7 Å². The fourth-order valence-electron chi connectivity index (χ4n) is 4.11. The molecule has 0 saturated heterocycles. The van der Waals surface area contributed by atoms with Crippen LogP contribution in [0.3, 0.4) is 0 Å². The maximum absolute atomic E-state index is 13.4. The average Bonchev–Trinajstić information content (AvgIpc) is 3.44. The number of nitrogens with one attached hydrogen (secondary N) is 1. The minimum absolute atomic E-state index is 0.0692. The van der Waals surface area contributed by atoms with Crippen LogP contribution in [0, 0.1) is 5.92 Å². The van der Waals surface area contributed by atoms with Crippen molar-refractivity contribution in [1.82, 2.24) is 9.78 Å². The molecule has 0 radical (unpaired) electrons. The highest BCUT2D eigenvalue weighted by molar-refractivity contribution is 7.16. The Balaban J connectivity index is 1.75. The van der Waals surface area contributed by atoms with Crippen LogP contribution >= 0.6 is 11.3 Å². The van der Waals surface area contributed by atoms with Gasteiger partial charge in [0, 0.05) is 17.2 Å². The van der Waals surface area contributed by atoms with E-state index >= 15 is 0 Å². The standard InChI is InChI=1S/C23H22F3N3O5S/c1-2-33-22(32)19-16-12-35-20(27-17(30)11-13-5-3-4-6-13)18(16)21(31)29(28-19)14-7-9-15(10-8-14)34-23(24,25)26/h7-10,12-13H,2-6,11H2,1H3,(H,27,30). The summed E-state index contributed by atoms with van der Waals surface area (Å²) in [5, 5.41) is 9.03. The smallest absolute Gasteiger partial charge is 0.461 e. The quantitative estimate of drug-likeness (QED) is 0.448. The number of benzene rings is 1. The summed E-state index contributed by atoms with van der Waals surface area (Å²) in [7, 11) is 0. The predicted octanol–water partition coefficient (Wildman–Crippen LogP) is 5.04. The van der Waals surface area contributed by atoms with Crippen LogP contribution in [0.5, 0.6) is 5.75 Å². The Hall–Kier alpha value is -3.41. The molecule has 1 N–H and O–H groups in total. The van der Waals surface area contributed by atoms with Gasteiger partial charge in [0.25, 0.3) is 5.56 Å². The first-order valence-electron chi connectivity index (χ1n) is 11.0. The van der Waals surface area contributed by atoms with Crippen LogP contribution in [0.15, 0.2) is 34.4 Å². The fourth-order valence-corrected chi connectivity index (χ4v) is 5.06. The van der Waals surface area contributed by atoms with E-state index < -0.39 is 23.6 Å². The summed E-state index contributed by atoms with van der Waals surface area (Å²) < 4.78 is 47.3. The third kappa shape index (κ3) is 5.64. The van der Waals surface area contributed by atoms with Gasteiger partial charge in [-0.1, -0.05) is 12.8 Å². The van der Waals surface area contributed by atoms with Crippen molar-refractivity contribution in [1.29, 1.82) is 0 Å². The van der Waals surface area contributed by atoms with Crippen molar-refractivity contribution in [2.75, 3.05) is 11.9 Å². The van der Waals surface area contributed by atoms with Crippen LogP contribution in [0.4, 0.5) is 18.2 Å². The van der Waals surface area contributed by atoms with Gasteiger partial charge >= 0.3 is 12.3 Å². The Morgan fingerprint density at radius 2 is 1.89 bits per heavy atom. The van der Waals surface area contributed by atoms with E-state index in [2.05, 4.69) is 15.2 Å². The minimum atomic E-state index is -4.87. The molecule has 35 heavy (non-hydrogen) atoms. The molecule has 1 fully saturated rings. The van der Waals surface area contributed by atoms with Crippen LogP contribution in [-0.2, 0) is 9.53 Å². The molecular formula is C23H22F3N3O5S. The number of aromatic nitrogens is 2. The summed E-state index contributed by atoms with van der Waals surface area (Å²) in [6.07, 6.45) is -0.385. The van der Waals surface area contributed by atoms with Crippen molar-refractivity contribution in [3.63, 3.8) is 0 Å². The number of hydrogen-bond donors (Lipinski definition) is 1. The molecule has 0 bridgehead atoms. The maximum atomic E-state index is 13.4. The number of amides is 1. The molecule has 4 rings (SSSR count). The third-order valence-corrected chi connectivity index (χ3v) is 6.53. The molecule has 12 heteroatoms. The molecule has 2 heterocycles. The topological polar surface area (TPSA) is 99.5 Å². The molecule has 0 unspecified atom stereocenters. The molecule has 186 valence electrons. The van der Waals surface area contributed by atoms with Gasteiger partial charge in [0.2, 0.25) is 5.91 Å². The number of hydrogen-bond acceptors (Lipinski definition) is 7. The molecule has 0 atom stereocenters. The second kappa shape index (κ2) is 10.1. The molecule has 1 aromatic carbocycles. The Labute approximate surface area is 201 Å². The first kappa shape index (κ1) is 24.7. The van der Waals surface area contributed by atoms with Crippen molar-refractivity contribution in [2.24, 2.45) is 5.92 Å². The summed E-state index contributed by atoms with van der Waals surface area (Å²) in [6.45, 7) is 1.69. The summed E-state index contributed by atoms with van der Waals surface area (Å²) in [5.74, 6) is -1.18. The average molecular weight is 510 g/mol. The number of thiophene rings is 1. The van der Waals surface area contributed by atoms with Gasteiger partial charge in [0.15, 0.2) is 5.69 Å². The Morgan fingerprint density at radius 3 is 2.51 bits per heavy atom. The normalized spacial score (nSPS) is 14.3. The number of rotatable bonds is 7. The van der Waals surface area contributed by atoms with Gasteiger partial charge in [-0.05, 0) is 49.9 Å². The van der Waals surface area contributed by atoms with E-state index in [9.17, 15) is 27.6 Å². The Bertz CT molecular complexity index is 1290. The molecule has 1 amide bonds. The highest BCUT2D eigenvalue weighted by Gasteiger charge is 2.31. The lowest BCUT2D eigenvalue weighted by Gasteiger charge is -2.12. The number of ether oxygens (including phenoxy) is 2. The summed E-state index contributed by atoms with van der Waals surface area (Å²) >= 11 is 1.09. The van der Waals surface area contributed by atoms with Crippen LogP contribution < -0.4 is 15.6 Å². The number of anilines is 1. The number of esters is 1. The lowest BCUT2D eigenvalue weighted by molar-refractivity contribution is -0.274. The number of carbonyl (C=O) groups is 2. The lowest BCUT2D eigenvalue weighted by atomic mass is 10.0. The van der Waals surface area contributed by atoms with Crippen molar-refractivity contribution < 1.29 is 32.2 Å². The Kier molecular flexibility index (Phi) is 7.10. The van der Waals surface area contributed by atoms with Crippen LogP contribution in [0.25, 0.3) is 16.5 Å². The van der Waals surface area contributed by atoms with Crippen molar-refractivity contribution >= 4 is 39.0 Å². The number of alkyl halides is 3. The van der Waals surface area contributed by atoms with Gasteiger partial charge in [-0.2, -0.15) is 9.78 Å². The summed E-state index contributed by atoms with van der Waals surface area (Å²) in [6, 6.07) is 4.48. The zero-order chi connectivity index (χ0) is 25.2. The maximum Gasteiger partial charge on any atom is 0.573 e. The van der Waals surface area contributed by atoms with Crippen LogP contribution in [-0.4, -0.2) is 34.6 Å². The molecular weight excluding hydrogens is 487 g/mol. The van der Waals surface area contributed by atoms with Crippen molar-refractivity contribution in [3.05, 3.63) is 45.7 Å². The fraction of sp³-hybridized carbons (Fsp3) is 0.391. The lowest BCUT2D eigenvalue weighted by Crippen LogP contribution is -2.26. The van der Waals surface area contributed by atoms with Gasteiger partial charge in [0.05, 0.1) is 17.7 Å². The van der Waals surface area contributed by atoms with E-state index in [0.717, 1.165) is 53.8 Å². The van der Waals surface area contributed by atoms with E-state index in [1.54, 1.807) is 12.3 Å². The number of halogens is 3. The summed E-state index contributed by atoms with van der Waals surface area (Å²) in [4.78, 5) is 38.6. The largest absolute Gasteiger partial charge is 0.573 e. The van der Waals surface area contributed by atoms with Gasteiger partial charge in [-0.15, -0.1) is 24.5 Å². The minimum Gasteiger partial charge on any atom is -0.461 e. The molecule has 8 nitrogen and oxygen atoms in total. The number of fused-ring (bicyclic) bond motifs is 1. The second-order valence-corrected chi connectivity index (χ2v) is 8.96. The zero-order valence-corrected chi connectivity index (χ0v) is 19.5. The predicted molar refractivity (Wildman–Crippen MR) is 123 cm³/mol. The van der Waals surface area contributed by atoms with E-state index in [4.69, 9.17) is 4.74 Å². The first-order chi connectivity index (χ1) is 16.7. The highest BCUT2D eigenvalue weighted by Crippen LogP contribution is 2.33. The van der Waals surface area contributed by atoms with E-state index in [1.807, 2.05) is 0 Å². The molecule has 0 aliphatic heterocycles. The van der Waals surface area contributed by atoms with Crippen molar-refractivity contribution in [3.8, 4) is 11.4 Å². The molecule has 2 aromatic heterocycles. The van der Waals surface area contributed by atoms with Crippen LogP contribution in [0.2, 0.25) is 0 Å². The van der Waals surface area contributed by atoms with Gasteiger partial charge in [-0.3, -0.25) is 9.59 Å². The van der Waals surface area contributed by atoms with E-state index in [1.165, 1.54) is 12.1 Å². The van der Waals surface area contributed by atoms with Crippen LogP contribution in [0.1, 0.15) is 49.5 Å². The van der Waals surface area contributed by atoms with Gasteiger partial charge in [-0.25, -0.2) is 4.79 Å². The molecule has 1 aliphatic rings. The first-order valence-corrected chi connectivity index (χ1v) is 11.9. The Morgan fingerprint density at radius 1 is 1.20 bits per heavy atom. The third-order valence-electron chi connectivity index (χ3n) is 5.64.